The molecule has 0 heterocycles. The van der Waals surface area contributed by atoms with Gasteiger partial charge in [-0.05, 0) is 132 Å². The van der Waals surface area contributed by atoms with E-state index < -0.39 is 17.9 Å². The van der Waals surface area contributed by atoms with Crippen LogP contribution in [-0.4, -0.2) is 22.2 Å². The Bertz CT molecular complexity index is 1740. The monoisotopic (exact) mass is 622 g/mol. The van der Waals surface area contributed by atoms with Crippen LogP contribution in [0.25, 0.3) is 0 Å². The first kappa shape index (κ1) is 33.9. The van der Waals surface area contributed by atoms with Gasteiger partial charge in [-0.1, -0.05) is 45.9 Å². The smallest absolute Gasteiger partial charge is 0.335 e. The van der Waals surface area contributed by atoms with Crippen LogP contribution < -0.4 is 22.9 Å². The Hall–Kier alpha value is -4.98. The minimum Gasteiger partial charge on any atom is -0.478 e. The van der Waals surface area contributed by atoms with Crippen LogP contribution in [0.5, 0.6) is 0 Å². The highest BCUT2D eigenvalue weighted by molar-refractivity contribution is 5.91. The summed E-state index contributed by atoms with van der Waals surface area (Å²) in [6.45, 7) is 8.65. The molecule has 46 heavy (non-hydrogen) atoms. The van der Waals surface area contributed by atoms with E-state index in [-0.39, 0.29) is 23.0 Å². The van der Waals surface area contributed by atoms with E-state index in [1.807, 2.05) is 12.1 Å². The summed E-state index contributed by atoms with van der Waals surface area (Å²) in [4.78, 5) is 24.7. The summed E-state index contributed by atoms with van der Waals surface area (Å²) in [5.41, 5.74) is 34.1. The third-order valence-electron chi connectivity index (χ3n) is 9.61. The molecule has 0 aliphatic carbocycles. The first-order valence-corrected chi connectivity index (χ1v) is 15.9. The molecule has 1 unspecified atom stereocenters. The number of carbonyl (C=O) groups is 2. The zero-order valence-corrected chi connectivity index (χ0v) is 27.2. The Balaban J connectivity index is 2.01. The summed E-state index contributed by atoms with van der Waals surface area (Å²) in [5, 5.41) is 20.2. The van der Waals surface area contributed by atoms with Crippen molar-refractivity contribution in [1.82, 2.24) is 0 Å². The maximum absolute atomic E-state index is 12.5. The van der Waals surface area contributed by atoms with Gasteiger partial charge in [0.2, 0.25) is 0 Å². The van der Waals surface area contributed by atoms with Crippen LogP contribution >= 0.6 is 0 Å². The summed E-state index contributed by atoms with van der Waals surface area (Å²) in [6, 6.07) is 19.7. The fraction of sp³-hybridized carbons (Fsp3) is 0.316. The molecular weight excluding hydrogens is 576 g/mol. The van der Waals surface area contributed by atoms with Gasteiger partial charge >= 0.3 is 11.9 Å². The number of hydrogen-bond acceptors (Lipinski definition) is 6. The second-order valence-corrected chi connectivity index (χ2v) is 12.1. The minimum absolute atomic E-state index is 0.109. The summed E-state index contributed by atoms with van der Waals surface area (Å²) in [6.07, 6.45) is 3.79. The molecule has 0 radical (unpaired) electrons. The highest BCUT2D eigenvalue weighted by Crippen LogP contribution is 2.45. The Morgan fingerprint density at radius 3 is 1.72 bits per heavy atom. The molecule has 242 valence electrons. The van der Waals surface area contributed by atoms with Crippen LogP contribution in [0, 0.1) is 0 Å². The van der Waals surface area contributed by atoms with Crippen LogP contribution in [0.3, 0.4) is 0 Å². The van der Waals surface area contributed by atoms with Crippen LogP contribution in [0.15, 0.2) is 66.7 Å². The molecule has 0 amide bonds. The maximum Gasteiger partial charge on any atom is 0.335 e. The Kier molecular flexibility index (Phi) is 10.3. The van der Waals surface area contributed by atoms with Crippen LogP contribution in [0.4, 0.5) is 22.7 Å². The van der Waals surface area contributed by atoms with Gasteiger partial charge in [-0.15, -0.1) is 0 Å². The van der Waals surface area contributed by atoms with Crippen molar-refractivity contribution in [2.45, 2.75) is 77.6 Å². The average molecular weight is 623 g/mol. The maximum atomic E-state index is 12.5. The van der Waals surface area contributed by atoms with Gasteiger partial charge in [0.05, 0.1) is 11.1 Å². The van der Waals surface area contributed by atoms with Crippen LogP contribution in [-0.2, 0) is 31.1 Å². The molecule has 0 spiro atoms. The van der Waals surface area contributed by atoms with Gasteiger partial charge in [0.15, 0.2) is 0 Å². The van der Waals surface area contributed by atoms with E-state index in [2.05, 4.69) is 45.9 Å². The Morgan fingerprint density at radius 2 is 1.17 bits per heavy atom. The number of anilines is 4. The van der Waals surface area contributed by atoms with E-state index in [9.17, 15) is 19.8 Å². The molecule has 0 saturated carbocycles. The van der Waals surface area contributed by atoms with Crippen molar-refractivity contribution in [3.63, 3.8) is 0 Å². The third-order valence-corrected chi connectivity index (χ3v) is 9.61. The summed E-state index contributed by atoms with van der Waals surface area (Å²) in [7, 11) is 0. The van der Waals surface area contributed by atoms with Crippen molar-refractivity contribution < 1.29 is 19.8 Å². The zero-order chi connectivity index (χ0) is 33.8. The van der Waals surface area contributed by atoms with Gasteiger partial charge in [-0.3, -0.25) is 0 Å². The van der Waals surface area contributed by atoms with Crippen molar-refractivity contribution >= 4 is 34.7 Å². The average Bonchev–Trinajstić information content (AvgIpc) is 3.02. The molecule has 0 aliphatic rings. The molecule has 8 heteroatoms. The first-order valence-electron chi connectivity index (χ1n) is 15.9. The van der Waals surface area contributed by atoms with Gasteiger partial charge in [0.1, 0.15) is 0 Å². The lowest BCUT2D eigenvalue weighted by Gasteiger charge is -2.37. The van der Waals surface area contributed by atoms with Crippen molar-refractivity contribution in [3.05, 3.63) is 117 Å². The van der Waals surface area contributed by atoms with Gasteiger partial charge in [0.25, 0.3) is 0 Å². The topological polar surface area (TPSA) is 179 Å². The second kappa shape index (κ2) is 14.0. The molecule has 0 bridgehead atoms. The number of nitrogens with two attached hydrogens (primary N) is 4. The quantitative estimate of drug-likeness (QED) is 0.0846. The van der Waals surface area contributed by atoms with Crippen LogP contribution in [0.2, 0.25) is 0 Å². The molecule has 10 N–H and O–H groups in total. The number of carboxylic acid groups (broad SMARTS) is 2. The van der Waals surface area contributed by atoms with Crippen molar-refractivity contribution in [3.8, 4) is 0 Å². The second-order valence-electron chi connectivity index (χ2n) is 12.1. The number of nitrogen functional groups attached to an aromatic ring is 4. The minimum atomic E-state index is -1.09. The fourth-order valence-corrected chi connectivity index (χ4v) is 7.19. The molecular formula is C38H46N4O4. The van der Waals surface area contributed by atoms with Crippen molar-refractivity contribution in [1.29, 1.82) is 0 Å². The van der Waals surface area contributed by atoms with E-state index in [1.165, 1.54) is 28.8 Å². The fourth-order valence-electron chi connectivity index (χ4n) is 7.19. The number of benzene rings is 4. The molecule has 4 aromatic rings. The number of hydrogen-bond donors (Lipinski definition) is 6. The van der Waals surface area contributed by atoms with Crippen LogP contribution in [0.1, 0.15) is 106 Å². The van der Waals surface area contributed by atoms with Gasteiger partial charge in [-0.2, -0.15) is 0 Å². The largest absolute Gasteiger partial charge is 0.478 e. The number of rotatable bonds is 13. The van der Waals surface area contributed by atoms with Gasteiger partial charge in [0, 0.05) is 28.2 Å². The van der Waals surface area contributed by atoms with Gasteiger partial charge < -0.3 is 33.1 Å². The number of carboxylic acids is 2. The molecule has 4 aromatic carbocycles. The lowest BCUT2D eigenvalue weighted by molar-refractivity contribution is 0.0683. The normalized spacial score (nSPS) is 12.2. The van der Waals surface area contributed by atoms with E-state index in [4.69, 9.17) is 22.9 Å². The van der Waals surface area contributed by atoms with E-state index in [0.29, 0.717) is 40.3 Å². The predicted octanol–water partition coefficient (Wildman–Crippen LogP) is 7.21. The van der Waals surface area contributed by atoms with E-state index >= 15 is 0 Å². The highest BCUT2D eigenvalue weighted by Gasteiger charge is 2.35. The molecule has 0 saturated heterocycles. The predicted molar refractivity (Wildman–Crippen MR) is 188 cm³/mol. The Morgan fingerprint density at radius 1 is 0.652 bits per heavy atom. The summed E-state index contributed by atoms with van der Waals surface area (Å²) in [5.74, 6) is -2.65. The molecule has 4 rings (SSSR count). The number of aromatic carboxylic acids is 2. The van der Waals surface area contributed by atoms with Crippen molar-refractivity contribution in [2.24, 2.45) is 0 Å². The summed E-state index contributed by atoms with van der Waals surface area (Å²) >= 11 is 0. The van der Waals surface area contributed by atoms with E-state index in [1.54, 1.807) is 24.3 Å². The zero-order valence-electron chi connectivity index (χ0n) is 27.2. The third kappa shape index (κ3) is 6.52. The molecule has 8 nitrogen and oxygen atoms in total. The lowest BCUT2D eigenvalue weighted by Crippen LogP contribution is -2.29. The molecule has 1 atom stereocenters. The molecule has 0 aliphatic heterocycles. The van der Waals surface area contributed by atoms with E-state index in [0.717, 1.165) is 36.8 Å². The van der Waals surface area contributed by atoms with Crippen molar-refractivity contribution in [2.75, 3.05) is 22.9 Å². The lowest BCUT2D eigenvalue weighted by atomic mass is 9.67. The molecule has 0 aromatic heterocycles. The highest BCUT2D eigenvalue weighted by atomic mass is 16.4. The summed E-state index contributed by atoms with van der Waals surface area (Å²) < 4.78 is 0. The first-order chi connectivity index (χ1) is 21.9. The molecule has 0 fully saturated rings. The Labute approximate surface area is 271 Å². The van der Waals surface area contributed by atoms with Gasteiger partial charge in [-0.25, -0.2) is 9.59 Å². The SMILES string of the molecule is CCc1c(C(CC)(CC)c2ccc(N)cc2)cc(CC(Cc2cc(N)ccc2C(=O)O)c2cc(N)ccc2C(=O)O)c(N)c1CC. The standard InChI is InChI=1S/C38H46N4O4/c1-5-29-30(6-2)35(42)24(20-34(29)38(7-3,8-4)25-9-11-26(39)12-10-25)18-22(33-21-28(41)14-16-32(33)37(45)46)17-23-19-27(40)13-15-31(23)36(43)44/h9-16,19-22H,5-8,17-18,39-42H2,1-4H3,(H,43,44)(H,45,46).